The van der Waals surface area contributed by atoms with Crippen molar-refractivity contribution < 1.29 is 13.5 Å². The van der Waals surface area contributed by atoms with Crippen molar-refractivity contribution >= 4 is 0 Å². The van der Waals surface area contributed by atoms with E-state index in [4.69, 9.17) is 9.15 Å². The Bertz CT molecular complexity index is 864. The molecule has 0 bridgehead atoms. The molecule has 1 aromatic heterocycles. The summed E-state index contributed by atoms with van der Waals surface area (Å²) in [4.78, 5) is 6.68. The molecule has 0 aliphatic carbocycles. The number of hydrogen-bond donors (Lipinski definition) is 0. The molecule has 26 heavy (non-hydrogen) atoms. The predicted octanol–water partition coefficient (Wildman–Crippen LogP) is 4.74. The van der Waals surface area contributed by atoms with Gasteiger partial charge in [-0.1, -0.05) is 12.1 Å². The van der Waals surface area contributed by atoms with E-state index < -0.39 is 0 Å². The highest BCUT2D eigenvalue weighted by atomic mass is 19.1. The Balaban J connectivity index is 1.67. The molecular weight excluding hydrogens is 331 g/mol. The van der Waals surface area contributed by atoms with Crippen LogP contribution in [0.4, 0.5) is 4.39 Å². The van der Waals surface area contributed by atoms with E-state index in [1.807, 2.05) is 7.05 Å². The highest BCUT2D eigenvalue weighted by molar-refractivity contribution is 5.52. The van der Waals surface area contributed by atoms with Gasteiger partial charge in [0.05, 0.1) is 12.8 Å². The average Bonchev–Trinajstić information content (AvgIpc) is 3.03. The van der Waals surface area contributed by atoms with Crippen molar-refractivity contribution in [2.45, 2.75) is 26.9 Å². The number of rotatable bonds is 6. The van der Waals surface area contributed by atoms with Crippen LogP contribution in [-0.2, 0) is 13.1 Å². The summed E-state index contributed by atoms with van der Waals surface area (Å²) in [6.07, 6.45) is 1.65. The third-order valence-electron chi connectivity index (χ3n) is 4.25. The summed E-state index contributed by atoms with van der Waals surface area (Å²) in [7, 11) is 3.74. The first kappa shape index (κ1) is 18.1. The molecule has 0 N–H and O–H groups in total. The minimum Gasteiger partial charge on any atom is -0.496 e. The number of hydrogen-bond acceptors (Lipinski definition) is 4. The normalized spacial score (nSPS) is 11.2. The molecule has 0 amide bonds. The molecule has 0 aliphatic rings. The second kappa shape index (κ2) is 7.70. The number of halogens is 1. The van der Waals surface area contributed by atoms with Crippen LogP contribution in [0.15, 0.2) is 47.1 Å². The Morgan fingerprint density at radius 3 is 2.35 bits per heavy atom. The van der Waals surface area contributed by atoms with Gasteiger partial charge in [0.2, 0.25) is 5.89 Å². The zero-order chi connectivity index (χ0) is 18.7. The zero-order valence-corrected chi connectivity index (χ0v) is 15.5. The van der Waals surface area contributed by atoms with Crippen LogP contribution < -0.4 is 4.74 Å². The third kappa shape index (κ3) is 4.11. The molecule has 0 fully saturated rings. The lowest BCUT2D eigenvalue weighted by molar-refractivity contribution is 0.314. The van der Waals surface area contributed by atoms with Crippen molar-refractivity contribution in [2.24, 2.45) is 0 Å². The number of nitrogens with zero attached hydrogens (tertiary/aromatic N) is 2. The fourth-order valence-electron chi connectivity index (χ4n) is 3.20. The first-order valence-electron chi connectivity index (χ1n) is 8.49. The Labute approximate surface area is 153 Å². The first-order valence-corrected chi connectivity index (χ1v) is 8.49. The fraction of sp³-hybridized carbons (Fsp3) is 0.286. The molecule has 0 aliphatic heterocycles. The molecule has 136 valence electrons. The maximum Gasteiger partial charge on any atom is 0.226 e. The van der Waals surface area contributed by atoms with Gasteiger partial charge in [0.1, 0.15) is 17.8 Å². The number of aryl methyl sites for hydroxylation is 2. The van der Waals surface area contributed by atoms with Gasteiger partial charge in [-0.15, -0.1) is 0 Å². The number of benzene rings is 2. The van der Waals surface area contributed by atoms with E-state index >= 15 is 0 Å². The molecule has 5 heteroatoms. The number of oxazole rings is 1. The molecule has 0 saturated carbocycles. The van der Waals surface area contributed by atoms with E-state index in [-0.39, 0.29) is 5.82 Å². The zero-order valence-electron chi connectivity index (χ0n) is 15.5. The van der Waals surface area contributed by atoms with Gasteiger partial charge in [-0.2, -0.15) is 0 Å². The smallest absolute Gasteiger partial charge is 0.226 e. The van der Waals surface area contributed by atoms with E-state index in [1.54, 1.807) is 25.5 Å². The molecule has 0 atom stereocenters. The highest BCUT2D eigenvalue weighted by Crippen LogP contribution is 2.25. The van der Waals surface area contributed by atoms with Crippen LogP contribution in [0, 0.1) is 19.7 Å². The molecule has 2 aromatic carbocycles. The van der Waals surface area contributed by atoms with Gasteiger partial charge >= 0.3 is 0 Å². The molecule has 0 spiro atoms. The van der Waals surface area contributed by atoms with Crippen molar-refractivity contribution in [3.8, 4) is 17.2 Å². The largest absolute Gasteiger partial charge is 0.496 e. The lowest BCUT2D eigenvalue weighted by Crippen LogP contribution is -2.17. The van der Waals surface area contributed by atoms with Gasteiger partial charge in [0.15, 0.2) is 0 Å². The van der Waals surface area contributed by atoms with Crippen LogP contribution in [0.5, 0.6) is 5.75 Å². The van der Waals surface area contributed by atoms with Gasteiger partial charge in [0, 0.05) is 18.7 Å². The summed E-state index contributed by atoms with van der Waals surface area (Å²) >= 11 is 0. The van der Waals surface area contributed by atoms with Gasteiger partial charge in [-0.05, 0) is 61.9 Å². The molecule has 0 saturated heterocycles. The topological polar surface area (TPSA) is 38.5 Å². The minimum atomic E-state index is -0.273. The molecule has 3 rings (SSSR count). The Morgan fingerprint density at radius 1 is 1.08 bits per heavy atom. The van der Waals surface area contributed by atoms with Crippen LogP contribution in [0.2, 0.25) is 0 Å². The Kier molecular flexibility index (Phi) is 5.38. The van der Waals surface area contributed by atoms with Crippen LogP contribution in [0.1, 0.15) is 22.4 Å². The first-order chi connectivity index (χ1) is 12.5. The number of methoxy groups -OCH3 is 1. The van der Waals surface area contributed by atoms with Crippen LogP contribution in [0.25, 0.3) is 11.5 Å². The molecule has 3 aromatic rings. The Hall–Kier alpha value is -2.66. The van der Waals surface area contributed by atoms with Crippen LogP contribution in [0.3, 0.4) is 0 Å². The van der Waals surface area contributed by atoms with Gasteiger partial charge in [-0.25, -0.2) is 9.37 Å². The minimum absolute atomic E-state index is 0.273. The number of ether oxygens (including phenoxy) is 1. The summed E-state index contributed by atoms with van der Waals surface area (Å²) in [5, 5.41) is 0. The summed E-state index contributed by atoms with van der Waals surface area (Å²) in [6, 6.07) is 10.4. The fourth-order valence-corrected chi connectivity index (χ4v) is 3.20. The van der Waals surface area contributed by atoms with Crippen molar-refractivity contribution in [2.75, 3.05) is 14.2 Å². The highest BCUT2D eigenvalue weighted by Gasteiger charge is 2.11. The molecule has 0 radical (unpaired) electrons. The predicted molar refractivity (Wildman–Crippen MR) is 99.5 cm³/mol. The Morgan fingerprint density at radius 2 is 1.73 bits per heavy atom. The third-order valence-corrected chi connectivity index (χ3v) is 4.25. The summed E-state index contributed by atoms with van der Waals surface area (Å²) in [5.41, 5.74) is 5.10. The lowest BCUT2D eigenvalue weighted by atomic mass is 10.1. The average molecular weight is 354 g/mol. The molecule has 1 heterocycles. The van der Waals surface area contributed by atoms with Crippen molar-refractivity contribution in [1.82, 2.24) is 9.88 Å². The van der Waals surface area contributed by atoms with Crippen LogP contribution >= 0.6 is 0 Å². The SMILES string of the molecule is COc1c(C)cc(CN(C)Cc2coc(-c3ccc(F)cc3)n2)cc1C. The molecular formula is C21H23FN2O2. The van der Waals surface area contributed by atoms with E-state index in [0.29, 0.717) is 12.4 Å². The van der Waals surface area contributed by atoms with Gasteiger partial charge < -0.3 is 9.15 Å². The van der Waals surface area contributed by atoms with E-state index in [1.165, 1.54) is 17.7 Å². The summed E-state index contributed by atoms with van der Waals surface area (Å²) < 4.78 is 24.0. The molecule has 4 nitrogen and oxygen atoms in total. The van der Waals surface area contributed by atoms with Gasteiger partial charge in [-0.3, -0.25) is 4.90 Å². The van der Waals surface area contributed by atoms with Crippen LogP contribution in [-0.4, -0.2) is 24.0 Å². The van der Waals surface area contributed by atoms with Crippen molar-refractivity contribution in [3.05, 3.63) is 70.9 Å². The molecule has 0 unspecified atom stereocenters. The second-order valence-corrected chi connectivity index (χ2v) is 6.59. The maximum atomic E-state index is 13.0. The summed E-state index contributed by atoms with van der Waals surface area (Å²) in [5.74, 6) is 1.17. The monoisotopic (exact) mass is 354 g/mol. The standard InChI is InChI=1S/C21H23FN2O2/c1-14-9-16(10-15(2)20(14)25-4)11-24(3)12-19-13-26-21(23-19)17-5-7-18(22)8-6-17/h5-10,13H,11-12H2,1-4H3. The van der Waals surface area contributed by atoms with Gasteiger partial charge in [0.25, 0.3) is 0 Å². The number of aromatic nitrogens is 1. The van der Waals surface area contributed by atoms with E-state index in [2.05, 4.69) is 35.9 Å². The second-order valence-electron chi connectivity index (χ2n) is 6.59. The van der Waals surface area contributed by atoms with E-state index in [0.717, 1.165) is 34.7 Å². The van der Waals surface area contributed by atoms with E-state index in [9.17, 15) is 4.39 Å². The quantitative estimate of drug-likeness (QED) is 0.641. The lowest BCUT2D eigenvalue weighted by Gasteiger charge is -2.17. The summed E-state index contributed by atoms with van der Waals surface area (Å²) in [6.45, 7) is 5.57. The maximum absolute atomic E-state index is 13.0. The van der Waals surface area contributed by atoms with Crippen molar-refractivity contribution in [3.63, 3.8) is 0 Å². The van der Waals surface area contributed by atoms with Crippen molar-refractivity contribution in [1.29, 1.82) is 0 Å².